The number of phosphoric ester groups is 1. The highest BCUT2D eigenvalue weighted by Gasteiger charge is 2.11. The molecule has 0 aliphatic rings. The van der Waals surface area contributed by atoms with Gasteiger partial charge >= 0.3 is 0 Å². The van der Waals surface area contributed by atoms with E-state index in [1.165, 1.54) is 0 Å². The number of hydrogen-bond acceptors (Lipinski definition) is 4. The van der Waals surface area contributed by atoms with E-state index in [0.717, 1.165) is 34.2 Å². The number of benzene rings is 2. The van der Waals surface area contributed by atoms with Crippen LogP contribution in [0.1, 0.15) is 53.1 Å². The van der Waals surface area contributed by atoms with Gasteiger partial charge in [0.15, 0.2) is 0 Å². The molecule has 0 heterocycles. The second kappa shape index (κ2) is 8.80. The smallest absolute Gasteiger partial charge is 0.265 e. The summed E-state index contributed by atoms with van der Waals surface area (Å²) in [7, 11) is -4.72. The van der Waals surface area contributed by atoms with E-state index in [1.807, 2.05) is 52.0 Å². The molecule has 0 aromatic heterocycles. The van der Waals surface area contributed by atoms with Gasteiger partial charge in [0.05, 0.1) is 6.61 Å². The third-order valence-electron chi connectivity index (χ3n) is 4.25. The van der Waals surface area contributed by atoms with Gasteiger partial charge in [0.25, 0.3) is 7.82 Å². The molecule has 1 atom stereocenters. The van der Waals surface area contributed by atoms with Crippen LogP contribution in [0.25, 0.3) is 0 Å². The lowest BCUT2D eigenvalue weighted by molar-refractivity contribution is -0.220. The van der Waals surface area contributed by atoms with Crippen molar-refractivity contribution in [1.82, 2.24) is 6.15 Å². The second-order valence-corrected chi connectivity index (χ2v) is 7.87. The van der Waals surface area contributed by atoms with Crippen molar-refractivity contribution >= 4 is 7.82 Å². The molecule has 144 valence electrons. The van der Waals surface area contributed by atoms with Gasteiger partial charge in [0.1, 0.15) is 5.75 Å². The van der Waals surface area contributed by atoms with E-state index in [1.54, 1.807) is 6.07 Å². The molecule has 7 heteroatoms. The van der Waals surface area contributed by atoms with E-state index in [9.17, 15) is 14.6 Å². The van der Waals surface area contributed by atoms with Crippen LogP contribution in [0.3, 0.4) is 0 Å². The van der Waals surface area contributed by atoms with Crippen LogP contribution in [-0.2, 0) is 22.1 Å². The highest BCUT2D eigenvalue weighted by Crippen LogP contribution is 2.33. The van der Waals surface area contributed by atoms with Gasteiger partial charge in [-0.15, -0.1) is 0 Å². The van der Waals surface area contributed by atoms with E-state index < -0.39 is 7.82 Å². The number of phenols is 1. The van der Waals surface area contributed by atoms with Crippen LogP contribution in [0, 0.1) is 13.8 Å². The first-order chi connectivity index (χ1) is 11.6. The van der Waals surface area contributed by atoms with Crippen molar-refractivity contribution in [1.29, 1.82) is 0 Å². The van der Waals surface area contributed by atoms with Gasteiger partial charge in [-0.25, -0.2) is 0 Å². The first-order valence-electron chi connectivity index (χ1n) is 8.16. The molecule has 0 bridgehead atoms. The zero-order valence-electron chi connectivity index (χ0n) is 15.9. The standard InChI is InChI=1S/C19H25O5P.H3N/c1-12(2)17-9-15(5-6-19(17)20)10-18-13(3)7-16(8-14(18)4)11-24-25(21,22)23;/h5-9,12,20H,10-11H2,1-4H3,(H2,21,22,23);1H3. The van der Waals surface area contributed by atoms with Gasteiger partial charge in [-0.05, 0) is 65.6 Å². The molecule has 0 saturated carbocycles. The minimum atomic E-state index is -4.72. The molecule has 6 nitrogen and oxygen atoms in total. The van der Waals surface area contributed by atoms with Crippen LogP contribution in [0.5, 0.6) is 5.75 Å². The Kier molecular flexibility index (Phi) is 7.57. The van der Waals surface area contributed by atoms with E-state index >= 15 is 0 Å². The topological polar surface area (TPSA) is 126 Å². The third kappa shape index (κ3) is 5.94. The van der Waals surface area contributed by atoms with Crippen molar-refractivity contribution in [3.8, 4) is 5.75 Å². The molecule has 6 N–H and O–H groups in total. The first-order valence-corrected chi connectivity index (χ1v) is 9.65. The maximum Gasteiger partial charge on any atom is 0.265 e. The van der Waals surface area contributed by atoms with Crippen molar-refractivity contribution in [2.75, 3.05) is 0 Å². The summed E-state index contributed by atoms with van der Waals surface area (Å²) in [6.45, 7) is 7.83. The largest absolute Gasteiger partial charge is 0.756 e. The summed E-state index contributed by atoms with van der Waals surface area (Å²) in [5, 5.41) is 9.96. The Morgan fingerprint density at radius 1 is 1.12 bits per heavy atom. The molecule has 0 radical (unpaired) electrons. The summed E-state index contributed by atoms with van der Waals surface area (Å²) >= 11 is 0. The summed E-state index contributed by atoms with van der Waals surface area (Å²) in [4.78, 5) is 19.5. The quantitative estimate of drug-likeness (QED) is 0.650. The minimum Gasteiger partial charge on any atom is -0.756 e. The maximum atomic E-state index is 10.7. The van der Waals surface area contributed by atoms with E-state index in [-0.39, 0.29) is 18.7 Å². The molecule has 26 heavy (non-hydrogen) atoms. The predicted molar refractivity (Wildman–Crippen MR) is 102 cm³/mol. The molecule has 2 aromatic carbocycles. The van der Waals surface area contributed by atoms with E-state index in [2.05, 4.69) is 4.52 Å². The number of hydrogen-bond donors (Lipinski definition) is 3. The normalized spacial score (nSPS) is 13.3. The zero-order valence-corrected chi connectivity index (χ0v) is 16.8. The van der Waals surface area contributed by atoms with Crippen LogP contribution >= 0.6 is 7.82 Å². The lowest BCUT2D eigenvalue weighted by atomic mass is 9.92. The number of phenolic OH excluding ortho intramolecular Hbond substituents is 1. The molecule has 0 amide bonds. The number of phosphoric acid groups is 1. The van der Waals surface area contributed by atoms with Crippen molar-refractivity contribution in [3.05, 3.63) is 63.7 Å². The summed E-state index contributed by atoms with van der Waals surface area (Å²) in [5.74, 6) is 0.550. The van der Waals surface area contributed by atoms with Gasteiger partial charge in [0.2, 0.25) is 0 Å². The molecule has 2 rings (SSSR count). The van der Waals surface area contributed by atoms with Crippen molar-refractivity contribution < 1.29 is 24.0 Å². The van der Waals surface area contributed by atoms with Crippen LogP contribution in [-0.4, -0.2) is 10.00 Å². The summed E-state index contributed by atoms with van der Waals surface area (Å²) in [5.41, 5.74) is 5.92. The Hall–Kier alpha value is -1.69. The van der Waals surface area contributed by atoms with Gasteiger partial charge in [-0.2, -0.15) is 0 Å². The highest BCUT2D eigenvalue weighted by molar-refractivity contribution is 7.44. The summed E-state index contributed by atoms with van der Waals surface area (Å²) < 4.78 is 15.2. The molecule has 0 saturated heterocycles. The van der Waals surface area contributed by atoms with Crippen LogP contribution in [0.2, 0.25) is 0 Å². The minimum absolute atomic E-state index is 0. The molecule has 2 aromatic rings. The van der Waals surface area contributed by atoms with Gasteiger partial charge < -0.3 is 25.6 Å². The fourth-order valence-corrected chi connectivity index (χ4v) is 3.29. The summed E-state index contributed by atoms with van der Waals surface area (Å²) in [6, 6.07) is 9.39. The van der Waals surface area contributed by atoms with Crippen molar-refractivity contribution in [3.63, 3.8) is 0 Å². The molecule has 0 aliphatic carbocycles. The SMILES string of the molecule is Cc1cc(COP(=O)([O-])O)cc(C)c1Cc1ccc(O)c(C(C)C)c1.[NH4+]. The number of rotatable bonds is 6. The fourth-order valence-electron chi connectivity index (χ4n) is 2.98. The Morgan fingerprint density at radius 3 is 2.19 bits per heavy atom. The summed E-state index contributed by atoms with van der Waals surface area (Å²) in [6.07, 6.45) is 0.721. The maximum absolute atomic E-state index is 10.7. The molecule has 0 fully saturated rings. The highest BCUT2D eigenvalue weighted by atomic mass is 31.2. The average molecular weight is 381 g/mol. The predicted octanol–water partition coefficient (Wildman–Crippen LogP) is 4.08. The number of quaternary nitrogens is 1. The lowest BCUT2D eigenvalue weighted by Crippen LogP contribution is -2.04. The Labute approximate surface area is 154 Å². The Bertz CT molecular complexity index is 791. The van der Waals surface area contributed by atoms with Crippen LogP contribution in [0.4, 0.5) is 0 Å². The number of aromatic hydroxyl groups is 1. The van der Waals surface area contributed by atoms with Crippen molar-refractivity contribution in [2.45, 2.75) is 46.6 Å². The van der Waals surface area contributed by atoms with Crippen LogP contribution < -0.4 is 11.0 Å². The van der Waals surface area contributed by atoms with E-state index in [4.69, 9.17) is 4.89 Å². The second-order valence-electron chi connectivity index (χ2n) is 6.67. The monoisotopic (exact) mass is 381 g/mol. The lowest BCUT2D eigenvalue weighted by Gasteiger charge is -2.18. The molecule has 1 unspecified atom stereocenters. The fraction of sp³-hybridized carbons (Fsp3) is 0.368. The average Bonchev–Trinajstić information content (AvgIpc) is 2.49. The van der Waals surface area contributed by atoms with Gasteiger partial charge in [0, 0.05) is 0 Å². The Morgan fingerprint density at radius 2 is 1.69 bits per heavy atom. The zero-order chi connectivity index (χ0) is 18.8. The molecule has 0 aliphatic heterocycles. The molecule has 0 spiro atoms. The first kappa shape index (κ1) is 22.4. The number of aryl methyl sites for hydroxylation is 2. The van der Waals surface area contributed by atoms with Crippen molar-refractivity contribution in [2.24, 2.45) is 0 Å². The Balaban J connectivity index is 0.00000338. The van der Waals surface area contributed by atoms with Gasteiger partial charge in [-0.1, -0.05) is 38.1 Å². The van der Waals surface area contributed by atoms with E-state index in [0.29, 0.717) is 11.3 Å². The van der Waals surface area contributed by atoms with Crippen LogP contribution in [0.15, 0.2) is 30.3 Å². The molecular formula is C19H28NO5P. The molecular weight excluding hydrogens is 353 g/mol. The third-order valence-corrected chi connectivity index (χ3v) is 4.70. The van der Waals surface area contributed by atoms with Gasteiger partial charge in [-0.3, -0.25) is 4.57 Å².